The summed E-state index contributed by atoms with van der Waals surface area (Å²) >= 11 is 0. The molecule has 0 unspecified atom stereocenters. The van der Waals surface area contributed by atoms with Crippen LogP contribution >= 0.6 is 0 Å². The van der Waals surface area contributed by atoms with Gasteiger partial charge in [-0.3, -0.25) is 4.98 Å². The molecule has 0 aliphatic heterocycles. The van der Waals surface area contributed by atoms with Crippen LogP contribution in [-0.2, 0) is 0 Å². The lowest BCUT2D eigenvalue weighted by Gasteiger charge is -2.12. The van der Waals surface area contributed by atoms with E-state index in [-0.39, 0.29) is 0 Å². The second-order valence-electron chi connectivity index (χ2n) is 4.52. The quantitative estimate of drug-likeness (QED) is 0.788. The van der Waals surface area contributed by atoms with Crippen LogP contribution in [0.3, 0.4) is 0 Å². The highest BCUT2D eigenvalue weighted by Gasteiger charge is 2.07. The Morgan fingerprint density at radius 1 is 1.10 bits per heavy atom. The molecule has 4 heteroatoms. The van der Waals surface area contributed by atoms with Gasteiger partial charge in [0.25, 0.3) is 0 Å². The number of anilines is 2. The maximum absolute atomic E-state index is 9.23. The first-order valence-corrected chi connectivity index (χ1v) is 6.51. The molecule has 0 amide bonds. The Kier molecular flexibility index (Phi) is 3.40. The van der Waals surface area contributed by atoms with Crippen LogP contribution in [0.15, 0.2) is 54.7 Å². The van der Waals surface area contributed by atoms with Gasteiger partial charge in [-0.15, -0.1) is 0 Å². The number of nitrogens with zero attached hydrogens (tertiary/aromatic N) is 2. The van der Waals surface area contributed by atoms with Gasteiger partial charge in [-0.1, -0.05) is 6.07 Å². The molecule has 3 aromatic rings. The molecule has 2 aromatic carbocycles. The third-order valence-electron chi connectivity index (χ3n) is 3.26. The summed E-state index contributed by atoms with van der Waals surface area (Å²) in [4.78, 5) is 4.33. The van der Waals surface area contributed by atoms with Gasteiger partial charge in [0.15, 0.2) is 0 Å². The molecule has 0 atom stereocenters. The lowest BCUT2D eigenvalue weighted by Crippen LogP contribution is -1.96. The summed E-state index contributed by atoms with van der Waals surface area (Å²) in [6.45, 7) is 0. The number of pyridine rings is 1. The number of fused-ring (bicyclic) bond motifs is 1. The van der Waals surface area contributed by atoms with Crippen LogP contribution in [0.25, 0.3) is 10.9 Å². The van der Waals surface area contributed by atoms with Crippen molar-refractivity contribution in [2.75, 3.05) is 12.4 Å². The Morgan fingerprint density at radius 3 is 2.81 bits per heavy atom. The average molecular weight is 275 g/mol. The van der Waals surface area contributed by atoms with E-state index in [2.05, 4.69) is 16.4 Å². The summed E-state index contributed by atoms with van der Waals surface area (Å²) < 4.78 is 5.22. The zero-order chi connectivity index (χ0) is 14.7. The Hall–Kier alpha value is -3.06. The monoisotopic (exact) mass is 275 g/mol. The minimum absolute atomic E-state index is 0.566. The molecule has 0 aliphatic carbocycles. The van der Waals surface area contributed by atoms with E-state index in [1.54, 1.807) is 25.4 Å². The molecule has 0 spiro atoms. The Bertz CT molecular complexity index is 832. The number of benzene rings is 2. The van der Waals surface area contributed by atoms with Crippen molar-refractivity contribution in [3.05, 3.63) is 60.3 Å². The van der Waals surface area contributed by atoms with Crippen LogP contribution in [0.4, 0.5) is 11.4 Å². The Balaban J connectivity index is 2.08. The highest BCUT2D eigenvalue weighted by molar-refractivity contribution is 5.93. The molecule has 3 rings (SSSR count). The van der Waals surface area contributed by atoms with Gasteiger partial charge >= 0.3 is 0 Å². The number of methoxy groups -OCH3 is 1. The second kappa shape index (κ2) is 5.51. The van der Waals surface area contributed by atoms with E-state index in [1.165, 1.54) is 0 Å². The molecular weight excluding hydrogens is 262 g/mol. The van der Waals surface area contributed by atoms with Crippen LogP contribution in [0.5, 0.6) is 5.75 Å². The van der Waals surface area contributed by atoms with E-state index in [9.17, 15) is 5.26 Å². The first-order valence-electron chi connectivity index (χ1n) is 6.51. The summed E-state index contributed by atoms with van der Waals surface area (Å²) in [6, 6.07) is 17.3. The third kappa shape index (κ3) is 2.49. The van der Waals surface area contributed by atoms with Gasteiger partial charge in [-0.25, -0.2) is 0 Å². The van der Waals surface area contributed by atoms with Crippen molar-refractivity contribution in [1.29, 1.82) is 5.26 Å². The standard InChI is InChI=1S/C17H13N3O/c1-21-13-8-7-12(11-18)17(10-13)20-16-6-2-5-15-14(16)4-3-9-19-15/h2-10,20H,1H3. The lowest BCUT2D eigenvalue weighted by atomic mass is 10.1. The normalized spacial score (nSPS) is 10.1. The van der Waals surface area contributed by atoms with Crippen LogP contribution in [0.1, 0.15) is 5.56 Å². The van der Waals surface area contributed by atoms with E-state index in [4.69, 9.17) is 4.74 Å². The Morgan fingerprint density at radius 2 is 2.00 bits per heavy atom. The maximum Gasteiger partial charge on any atom is 0.121 e. The zero-order valence-electron chi connectivity index (χ0n) is 11.5. The largest absolute Gasteiger partial charge is 0.497 e. The number of hydrogen-bond acceptors (Lipinski definition) is 4. The summed E-state index contributed by atoms with van der Waals surface area (Å²) in [5.41, 5.74) is 3.10. The summed E-state index contributed by atoms with van der Waals surface area (Å²) in [6.07, 6.45) is 1.76. The SMILES string of the molecule is COc1ccc(C#N)c(Nc2cccc3ncccc23)c1. The number of rotatable bonds is 3. The predicted molar refractivity (Wildman–Crippen MR) is 82.7 cm³/mol. The molecule has 1 aromatic heterocycles. The van der Waals surface area contributed by atoms with Crippen LogP contribution in [0, 0.1) is 11.3 Å². The van der Waals surface area contributed by atoms with Crippen LogP contribution in [0.2, 0.25) is 0 Å². The molecule has 102 valence electrons. The van der Waals surface area contributed by atoms with Crippen molar-refractivity contribution in [2.24, 2.45) is 0 Å². The second-order valence-corrected chi connectivity index (χ2v) is 4.52. The molecule has 0 saturated heterocycles. The molecule has 0 radical (unpaired) electrons. The van der Waals surface area contributed by atoms with E-state index < -0.39 is 0 Å². The Labute approximate surface area is 122 Å². The molecule has 0 bridgehead atoms. The molecule has 4 nitrogen and oxygen atoms in total. The molecule has 0 aliphatic rings. The number of nitriles is 1. The van der Waals surface area contributed by atoms with Crippen molar-refractivity contribution >= 4 is 22.3 Å². The van der Waals surface area contributed by atoms with E-state index in [1.807, 2.05) is 36.4 Å². The van der Waals surface area contributed by atoms with Gasteiger partial charge in [0.05, 0.1) is 23.9 Å². The zero-order valence-corrected chi connectivity index (χ0v) is 11.5. The fourth-order valence-corrected chi connectivity index (χ4v) is 2.21. The summed E-state index contributed by atoms with van der Waals surface area (Å²) in [5.74, 6) is 0.704. The van der Waals surface area contributed by atoms with Gasteiger partial charge in [0.2, 0.25) is 0 Å². The fraction of sp³-hybridized carbons (Fsp3) is 0.0588. The van der Waals surface area contributed by atoms with Crippen molar-refractivity contribution in [1.82, 2.24) is 4.98 Å². The highest BCUT2D eigenvalue weighted by Crippen LogP contribution is 2.29. The molecule has 0 saturated carbocycles. The minimum atomic E-state index is 0.566. The third-order valence-corrected chi connectivity index (χ3v) is 3.26. The molecule has 1 heterocycles. The van der Waals surface area contributed by atoms with Gasteiger partial charge < -0.3 is 10.1 Å². The van der Waals surface area contributed by atoms with Gasteiger partial charge in [-0.05, 0) is 36.4 Å². The first kappa shape index (κ1) is 12.9. The van der Waals surface area contributed by atoms with E-state index in [0.717, 1.165) is 16.6 Å². The lowest BCUT2D eigenvalue weighted by molar-refractivity contribution is 0.415. The summed E-state index contributed by atoms with van der Waals surface area (Å²) in [7, 11) is 1.60. The smallest absolute Gasteiger partial charge is 0.121 e. The fourth-order valence-electron chi connectivity index (χ4n) is 2.21. The van der Waals surface area contributed by atoms with Gasteiger partial charge in [0, 0.05) is 23.3 Å². The van der Waals surface area contributed by atoms with Crippen molar-refractivity contribution in [3.63, 3.8) is 0 Å². The van der Waals surface area contributed by atoms with E-state index >= 15 is 0 Å². The maximum atomic E-state index is 9.23. The molecule has 21 heavy (non-hydrogen) atoms. The molecular formula is C17H13N3O. The average Bonchev–Trinajstić information content (AvgIpc) is 2.55. The molecule has 0 fully saturated rings. The number of aromatic nitrogens is 1. The van der Waals surface area contributed by atoms with Gasteiger partial charge in [0.1, 0.15) is 11.8 Å². The van der Waals surface area contributed by atoms with Crippen LogP contribution < -0.4 is 10.1 Å². The van der Waals surface area contributed by atoms with Crippen LogP contribution in [-0.4, -0.2) is 12.1 Å². The topological polar surface area (TPSA) is 57.9 Å². The molecule has 1 N–H and O–H groups in total. The van der Waals surface area contributed by atoms with Crippen molar-refractivity contribution in [3.8, 4) is 11.8 Å². The summed E-state index contributed by atoms with van der Waals surface area (Å²) in [5, 5.41) is 13.5. The highest BCUT2D eigenvalue weighted by atomic mass is 16.5. The predicted octanol–water partition coefficient (Wildman–Crippen LogP) is 3.86. The first-order chi connectivity index (χ1) is 10.3. The van der Waals surface area contributed by atoms with Crippen molar-refractivity contribution in [2.45, 2.75) is 0 Å². The number of nitrogens with one attached hydrogen (secondary N) is 1. The minimum Gasteiger partial charge on any atom is -0.497 e. The number of hydrogen-bond donors (Lipinski definition) is 1. The number of ether oxygens (including phenoxy) is 1. The van der Waals surface area contributed by atoms with Crippen molar-refractivity contribution < 1.29 is 4.74 Å². The van der Waals surface area contributed by atoms with Gasteiger partial charge in [-0.2, -0.15) is 5.26 Å². The van der Waals surface area contributed by atoms with E-state index in [0.29, 0.717) is 17.0 Å².